The van der Waals surface area contributed by atoms with E-state index in [1.54, 1.807) is 0 Å². The number of nitrogens with one attached hydrogen (secondary N) is 1. The Balaban J connectivity index is 5.36. The van der Waals surface area contributed by atoms with Gasteiger partial charge in [0.05, 0.1) is 0 Å². The number of hydrogen-bond acceptors (Lipinski definition) is 2. The third kappa shape index (κ3) is 4.57. The number of carbonyl (C=O) groups is 2. The average molecular weight is 309 g/mol. The fourth-order valence-electron chi connectivity index (χ4n) is 1.55. The van der Waals surface area contributed by atoms with Gasteiger partial charge in [0.15, 0.2) is 0 Å². The average Bonchev–Trinajstić information content (AvgIpc) is 2.11. The van der Waals surface area contributed by atoms with Crippen LogP contribution in [-0.4, -0.2) is 34.9 Å². The highest BCUT2D eigenvalue weighted by molar-refractivity contribution is 5.88. The molecule has 0 fully saturated rings. The number of aliphatic carboxylic acids is 1. The van der Waals surface area contributed by atoms with Crippen LogP contribution in [0.2, 0.25) is 0 Å². The van der Waals surface area contributed by atoms with Crippen molar-refractivity contribution in [3.05, 3.63) is 0 Å². The van der Waals surface area contributed by atoms with E-state index in [2.05, 4.69) is 0 Å². The highest BCUT2D eigenvalue weighted by atomic mass is 19.4. The number of amides is 1. The van der Waals surface area contributed by atoms with Gasteiger partial charge in [0.1, 0.15) is 5.54 Å². The van der Waals surface area contributed by atoms with Crippen LogP contribution >= 0.6 is 0 Å². The summed E-state index contributed by atoms with van der Waals surface area (Å²) in [6.45, 7) is 2.32. The van der Waals surface area contributed by atoms with Gasteiger partial charge in [0.2, 0.25) is 11.8 Å². The first-order valence-corrected chi connectivity index (χ1v) is 5.44. The summed E-state index contributed by atoms with van der Waals surface area (Å²) >= 11 is 0. The van der Waals surface area contributed by atoms with E-state index in [0.29, 0.717) is 0 Å². The predicted octanol–water partition coefficient (Wildman–Crippen LogP) is 2.49. The summed E-state index contributed by atoms with van der Waals surface area (Å²) < 4.78 is 73.8. The number of carboxylic acid groups (broad SMARTS) is 1. The number of carboxylic acids is 1. The van der Waals surface area contributed by atoms with E-state index in [1.807, 2.05) is 0 Å². The molecule has 0 aromatic carbocycles. The second-order valence-electron chi connectivity index (χ2n) is 4.39. The lowest BCUT2D eigenvalue weighted by molar-refractivity contribution is -0.274. The van der Waals surface area contributed by atoms with Gasteiger partial charge in [-0.2, -0.15) is 26.3 Å². The van der Waals surface area contributed by atoms with Crippen molar-refractivity contribution in [3.8, 4) is 0 Å². The van der Waals surface area contributed by atoms with Crippen molar-refractivity contribution < 1.29 is 41.0 Å². The summed E-state index contributed by atoms with van der Waals surface area (Å²) in [4.78, 5) is 22.1. The normalized spacial score (nSPS) is 15.8. The zero-order valence-electron chi connectivity index (χ0n) is 10.5. The van der Waals surface area contributed by atoms with Gasteiger partial charge >= 0.3 is 18.3 Å². The maximum absolute atomic E-state index is 12.3. The number of hydrogen-bond donors (Lipinski definition) is 2. The van der Waals surface area contributed by atoms with Gasteiger partial charge in [-0.15, -0.1) is 0 Å². The van der Waals surface area contributed by atoms with Crippen molar-refractivity contribution in [1.29, 1.82) is 0 Å². The van der Waals surface area contributed by atoms with Crippen molar-refractivity contribution in [2.75, 3.05) is 0 Å². The van der Waals surface area contributed by atoms with Crippen LogP contribution < -0.4 is 5.32 Å². The van der Waals surface area contributed by atoms with E-state index in [4.69, 9.17) is 5.11 Å². The molecule has 0 aromatic rings. The Morgan fingerprint density at radius 2 is 1.50 bits per heavy atom. The van der Waals surface area contributed by atoms with Crippen molar-refractivity contribution in [1.82, 2.24) is 5.32 Å². The molecular weight excluding hydrogens is 296 g/mol. The minimum atomic E-state index is -5.85. The summed E-state index contributed by atoms with van der Waals surface area (Å²) in [6, 6.07) is 0. The zero-order valence-corrected chi connectivity index (χ0v) is 10.5. The lowest BCUT2D eigenvalue weighted by atomic mass is 9.94. The summed E-state index contributed by atoms with van der Waals surface area (Å²) in [5.41, 5.74) is -2.19. The molecule has 0 spiro atoms. The molecule has 0 aliphatic heterocycles. The van der Waals surface area contributed by atoms with Gasteiger partial charge in [-0.05, 0) is 13.3 Å². The minimum Gasteiger partial charge on any atom is -0.480 e. The SMILES string of the molecule is CCCC(C)(NC(=O)C(C(F)(F)F)C(F)(F)F)C(=O)O. The molecule has 1 unspecified atom stereocenters. The summed E-state index contributed by atoms with van der Waals surface area (Å²) in [5, 5.41) is 10.2. The molecule has 0 saturated heterocycles. The van der Waals surface area contributed by atoms with E-state index in [-0.39, 0.29) is 12.8 Å². The van der Waals surface area contributed by atoms with Crippen LogP contribution in [0.5, 0.6) is 0 Å². The van der Waals surface area contributed by atoms with Crippen LogP contribution in [0.4, 0.5) is 26.3 Å². The molecule has 0 aromatic heterocycles. The zero-order chi connectivity index (χ0) is 16.4. The minimum absolute atomic E-state index is 0.145. The lowest BCUT2D eigenvalue weighted by Gasteiger charge is -2.29. The summed E-state index contributed by atoms with van der Waals surface area (Å²) in [6.07, 6.45) is -11.9. The third-order valence-corrected chi connectivity index (χ3v) is 2.54. The monoisotopic (exact) mass is 309 g/mol. The summed E-state index contributed by atoms with van der Waals surface area (Å²) in [5.74, 6) is -8.40. The Bertz CT molecular complexity index is 364. The van der Waals surface area contributed by atoms with Gasteiger partial charge in [-0.3, -0.25) is 4.79 Å². The van der Waals surface area contributed by atoms with Gasteiger partial charge < -0.3 is 10.4 Å². The molecule has 0 radical (unpaired) electrons. The number of halogens is 6. The maximum atomic E-state index is 12.3. The molecule has 118 valence electrons. The second kappa shape index (κ2) is 5.88. The van der Waals surface area contributed by atoms with Crippen molar-refractivity contribution >= 4 is 11.9 Å². The Morgan fingerprint density at radius 1 is 1.10 bits per heavy atom. The van der Waals surface area contributed by atoms with Gasteiger partial charge in [-0.1, -0.05) is 13.3 Å². The molecule has 4 nitrogen and oxygen atoms in total. The van der Waals surface area contributed by atoms with Crippen LogP contribution in [0.25, 0.3) is 0 Å². The van der Waals surface area contributed by atoms with Gasteiger partial charge in [0.25, 0.3) is 0 Å². The first-order valence-electron chi connectivity index (χ1n) is 5.44. The third-order valence-electron chi connectivity index (χ3n) is 2.54. The quantitative estimate of drug-likeness (QED) is 0.767. The molecule has 0 heterocycles. The molecule has 0 rings (SSSR count). The van der Waals surface area contributed by atoms with Gasteiger partial charge in [0, 0.05) is 0 Å². The number of rotatable bonds is 5. The highest BCUT2D eigenvalue weighted by Gasteiger charge is 2.62. The fourth-order valence-corrected chi connectivity index (χ4v) is 1.55. The highest BCUT2D eigenvalue weighted by Crippen LogP contribution is 2.39. The Morgan fingerprint density at radius 3 is 1.75 bits per heavy atom. The summed E-state index contributed by atoms with van der Waals surface area (Å²) in [7, 11) is 0. The van der Waals surface area contributed by atoms with Crippen LogP contribution in [0.15, 0.2) is 0 Å². The molecule has 1 atom stereocenters. The molecule has 0 aliphatic carbocycles. The largest absolute Gasteiger partial charge is 0.480 e. The standard InChI is InChI=1S/C10H13F6NO3/c1-3-4-8(2,7(19)20)17-6(18)5(9(11,12)13)10(14,15)16/h5H,3-4H2,1-2H3,(H,17,18)(H,19,20). The van der Waals surface area contributed by atoms with Crippen molar-refractivity contribution in [3.63, 3.8) is 0 Å². The second-order valence-corrected chi connectivity index (χ2v) is 4.39. The van der Waals surface area contributed by atoms with Crippen molar-refractivity contribution in [2.24, 2.45) is 5.92 Å². The molecule has 0 saturated carbocycles. The molecular formula is C10H13F6NO3. The van der Waals surface area contributed by atoms with E-state index in [1.165, 1.54) is 12.2 Å². The molecule has 1 amide bonds. The van der Waals surface area contributed by atoms with E-state index < -0.39 is 35.7 Å². The van der Waals surface area contributed by atoms with Crippen LogP contribution in [0.3, 0.4) is 0 Å². The first-order chi connectivity index (χ1) is 8.75. The van der Waals surface area contributed by atoms with Crippen LogP contribution in [0, 0.1) is 5.92 Å². The molecule has 0 aliphatic rings. The topological polar surface area (TPSA) is 66.4 Å². The smallest absolute Gasteiger partial charge is 0.409 e. The fraction of sp³-hybridized carbons (Fsp3) is 0.800. The van der Waals surface area contributed by atoms with E-state index >= 15 is 0 Å². The van der Waals surface area contributed by atoms with Crippen molar-refractivity contribution in [2.45, 2.75) is 44.6 Å². The van der Waals surface area contributed by atoms with Crippen LogP contribution in [-0.2, 0) is 9.59 Å². The number of alkyl halides is 6. The molecule has 2 N–H and O–H groups in total. The Labute approximate surface area is 110 Å². The lowest BCUT2D eigenvalue weighted by Crippen LogP contribution is -2.58. The van der Waals surface area contributed by atoms with E-state index in [0.717, 1.165) is 6.92 Å². The maximum Gasteiger partial charge on any atom is 0.409 e. The molecule has 0 bridgehead atoms. The molecule has 10 heteroatoms. The van der Waals surface area contributed by atoms with E-state index in [9.17, 15) is 35.9 Å². The predicted molar refractivity (Wildman–Crippen MR) is 54.7 cm³/mol. The number of carbonyl (C=O) groups excluding carboxylic acids is 1. The first kappa shape index (κ1) is 18.5. The van der Waals surface area contributed by atoms with Gasteiger partial charge in [-0.25, -0.2) is 4.79 Å². The Hall–Kier alpha value is -1.48. The van der Waals surface area contributed by atoms with Crippen LogP contribution in [0.1, 0.15) is 26.7 Å². The Kier molecular flexibility index (Phi) is 5.44. The molecule has 20 heavy (non-hydrogen) atoms.